The molecule has 0 aliphatic heterocycles. The topological polar surface area (TPSA) is 0 Å². The van der Waals surface area contributed by atoms with E-state index >= 15 is 0 Å². The molecule has 4 aromatic rings. The van der Waals surface area contributed by atoms with Crippen LogP contribution in [0.15, 0.2) is 71.4 Å². The first-order valence-electron chi connectivity index (χ1n) is 5.78. The number of thiophene rings is 2. The van der Waals surface area contributed by atoms with Gasteiger partial charge in [0, 0.05) is 33.3 Å². The SMILES string of the molecule is [Sn].c1ccc2sccc2c1.c1ccc2sccc2c1. The van der Waals surface area contributed by atoms with E-state index in [0.29, 0.717) is 0 Å². The van der Waals surface area contributed by atoms with Gasteiger partial charge in [-0.25, -0.2) is 0 Å². The van der Waals surface area contributed by atoms with E-state index in [1.54, 1.807) is 22.7 Å². The van der Waals surface area contributed by atoms with Crippen LogP contribution >= 0.6 is 22.7 Å². The van der Waals surface area contributed by atoms with Gasteiger partial charge < -0.3 is 0 Å². The van der Waals surface area contributed by atoms with Gasteiger partial charge in [-0.2, -0.15) is 0 Å². The molecule has 0 aliphatic rings. The maximum atomic E-state index is 2.14. The molecule has 0 spiro atoms. The van der Waals surface area contributed by atoms with E-state index < -0.39 is 0 Å². The van der Waals surface area contributed by atoms with Crippen molar-refractivity contribution in [3.63, 3.8) is 0 Å². The van der Waals surface area contributed by atoms with Crippen molar-refractivity contribution in [3.8, 4) is 0 Å². The first kappa shape index (κ1) is 14.6. The van der Waals surface area contributed by atoms with Gasteiger partial charge >= 0.3 is 0 Å². The molecular weight excluding hydrogens is 375 g/mol. The van der Waals surface area contributed by atoms with E-state index in [2.05, 4.69) is 71.4 Å². The van der Waals surface area contributed by atoms with Crippen molar-refractivity contribution in [2.24, 2.45) is 0 Å². The van der Waals surface area contributed by atoms with Crippen molar-refractivity contribution in [2.75, 3.05) is 0 Å². The molecule has 2 aromatic carbocycles. The molecule has 0 saturated heterocycles. The fourth-order valence-corrected chi connectivity index (χ4v) is 3.39. The normalized spacial score (nSPS) is 9.68. The standard InChI is InChI=1S/2C8H6S.Sn/c2*1-2-4-8-7(3-1)5-6-9-8;/h2*1-6H;. The third-order valence-corrected chi connectivity index (χ3v) is 4.52. The summed E-state index contributed by atoms with van der Waals surface area (Å²) in [6.07, 6.45) is 0. The summed E-state index contributed by atoms with van der Waals surface area (Å²) in [6.45, 7) is 0. The predicted octanol–water partition coefficient (Wildman–Crippen LogP) is 5.42. The van der Waals surface area contributed by atoms with Crippen molar-refractivity contribution >= 4 is 66.8 Å². The van der Waals surface area contributed by atoms with Crippen LogP contribution in [-0.4, -0.2) is 23.9 Å². The van der Waals surface area contributed by atoms with E-state index in [1.165, 1.54) is 20.2 Å². The van der Waals surface area contributed by atoms with Crippen LogP contribution in [0.4, 0.5) is 0 Å². The molecule has 0 unspecified atom stereocenters. The quantitative estimate of drug-likeness (QED) is 0.354. The van der Waals surface area contributed by atoms with Crippen LogP contribution < -0.4 is 0 Å². The molecule has 0 bridgehead atoms. The molecule has 2 heterocycles. The summed E-state index contributed by atoms with van der Waals surface area (Å²) in [5.41, 5.74) is 0. The third kappa shape index (κ3) is 3.59. The first-order valence-corrected chi connectivity index (χ1v) is 7.54. The number of hydrogen-bond donors (Lipinski definition) is 0. The van der Waals surface area contributed by atoms with Crippen LogP contribution in [0.1, 0.15) is 0 Å². The van der Waals surface area contributed by atoms with E-state index in [1.807, 2.05) is 0 Å². The second-order valence-electron chi connectivity index (χ2n) is 3.92. The first-order chi connectivity index (χ1) is 8.93. The number of rotatable bonds is 0. The Labute approximate surface area is 137 Å². The van der Waals surface area contributed by atoms with Gasteiger partial charge in [0.25, 0.3) is 0 Å². The van der Waals surface area contributed by atoms with Gasteiger partial charge in [-0.1, -0.05) is 36.4 Å². The number of hydrogen-bond acceptors (Lipinski definition) is 2. The Morgan fingerprint density at radius 2 is 0.947 bits per heavy atom. The summed E-state index contributed by atoms with van der Waals surface area (Å²) in [6, 6.07) is 21.1. The second kappa shape index (κ2) is 7.08. The van der Waals surface area contributed by atoms with Gasteiger partial charge in [0.05, 0.1) is 0 Å². The number of fused-ring (bicyclic) bond motifs is 2. The second-order valence-corrected chi connectivity index (χ2v) is 5.81. The Bertz CT molecular complexity index is 629. The molecule has 4 radical (unpaired) electrons. The zero-order chi connectivity index (χ0) is 12.2. The Morgan fingerprint density at radius 3 is 1.37 bits per heavy atom. The number of benzene rings is 2. The van der Waals surface area contributed by atoms with Crippen LogP contribution in [0.2, 0.25) is 0 Å². The van der Waals surface area contributed by atoms with Crippen LogP contribution in [0.3, 0.4) is 0 Å². The van der Waals surface area contributed by atoms with Gasteiger partial charge in [-0.15, -0.1) is 22.7 Å². The molecule has 0 nitrogen and oxygen atoms in total. The zero-order valence-electron chi connectivity index (χ0n) is 10.2. The van der Waals surface area contributed by atoms with Crippen molar-refractivity contribution in [3.05, 3.63) is 71.4 Å². The Kier molecular flexibility index (Phi) is 5.43. The summed E-state index contributed by atoms with van der Waals surface area (Å²) < 4.78 is 2.75. The van der Waals surface area contributed by atoms with Crippen LogP contribution in [0, 0.1) is 0 Å². The minimum absolute atomic E-state index is 0. The molecule has 19 heavy (non-hydrogen) atoms. The molecule has 0 N–H and O–H groups in total. The smallest absolute Gasteiger partial charge is 0.0342 e. The summed E-state index contributed by atoms with van der Waals surface area (Å²) in [7, 11) is 0. The molecule has 0 saturated carbocycles. The maximum absolute atomic E-state index is 2.14. The Morgan fingerprint density at radius 1 is 0.526 bits per heavy atom. The largest absolute Gasteiger partial charge is 0.144 e. The van der Waals surface area contributed by atoms with E-state index in [9.17, 15) is 0 Å². The van der Waals surface area contributed by atoms with Gasteiger partial charge in [-0.3, -0.25) is 0 Å². The molecule has 0 atom stereocenters. The summed E-state index contributed by atoms with van der Waals surface area (Å²) >= 11 is 3.57. The fourth-order valence-electron chi connectivity index (χ4n) is 1.81. The van der Waals surface area contributed by atoms with Crippen molar-refractivity contribution in [2.45, 2.75) is 0 Å². The molecule has 2 aromatic heterocycles. The average Bonchev–Trinajstić information content (AvgIpc) is 3.08. The van der Waals surface area contributed by atoms with E-state index in [4.69, 9.17) is 0 Å². The monoisotopic (exact) mass is 388 g/mol. The van der Waals surface area contributed by atoms with Gasteiger partial charge in [0.15, 0.2) is 0 Å². The Balaban J connectivity index is 0.000000133. The molecule has 92 valence electrons. The molecule has 3 heteroatoms. The van der Waals surface area contributed by atoms with Crippen molar-refractivity contribution < 1.29 is 0 Å². The minimum atomic E-state index is 0. The summed E-state index contributed by atoms with van der Waals surface area (Å²) in [5.74, 6) is 0. The molecule has 0 amide bonds. The van der Waals surface area contributed by atoms with Crippen LogP contribution in [0.5, 0.6) is 0 Å². The molecule has 0 aliphatic carbocycles. The van der Waals surface area contributed by atoms with Crippen molar-refractivity contribution in [1.82, 2.24) is 0 Å². The van der Waals surface area contributed by atoms with Gasteiger partial charge in [0.2, 0.25) is 0 Å². The van der Waals surface area contributed by atoms with Crippen molar-refractivity contribution in [1.29, 1.82) is 0 Å². The maximum Gasteiger partial charge on any atom is 0.0342 e. The summed E-state index contributed by atoms with van der Waals surface area (Å²) in [4.78, 5) is 0. The molecule has 0 fully saturated rings. The minimum Gasteiger partial charge on any atom is -0.144 e. The van der Waals surface area contributed by atoms with Crippen LogP contribution in [-0.2, 0) is 0 Å². The van der Waals surface area contributed by atoms with Gasteiger partial charge in [-0.05, 0) is 45.8 Å². The molecular formula is C16H12S2Sn. The van der Waals surface area contributed by atoms with Crippen LogP contribution in [0.25, 0.3) is 20.2 Å². The summed E-state index contributed by atoms with van der Waals surface area (Å²) in [5, 5.41) is 6.93. The molecule has 4 rings (SSSR count). The third-order valence-electron chi connectivity index (χ3n) is 2.72. The fraction of sp³-hybridized carbons (Fsp3) is 0. The predicted molar refractivity (Wildman–Crippen MR) is 89.4 cm³/mol. The van der Waals surface area contributed by atoms with E-state index in [0.717, 1.165) is 0 Å². The van der Waals surface area contributed by atoms with E-state index in [-0.39, 0.29) is 23.9 Å². The zero-order valence-corrected chi connectivity index (χ0v) is 14.7. The van der Waals surface area contributed by atoms with Gasteiger partial charge in [0.1, 0.15) is 0 Å². The average molecular weight is 387 g/mol. The Hall–Kier alpha value is -0.841.